The van der Waals surface area contributed by atoms with Gasteiger partial charge in [0.25, 0.3) is 11.8 Å². The lowest BCUT2D eigenvalue weighted by atomic mass is 10.1. The predicted octanol–water partition coefficient (Wildman–Crippen LogP) is 5.38. The van der Waals surface area contributed by atoms with Crippen LogP contribution < -0.4 is 9.47 Å². The zero-order chi connectivity index (χ0) is 25.8. The van der Waals surface area contributed by atoms with Crippen molar-refractivity contribution in [3.05, 3.63) is 131 Å². The molecule has 4 aromatic rings. The van der Waals surface area contributed by atoms with Crippen LogP contribution in [-0.4, -0.2) is 34.4 Å². The first-order valence-corrected chi connectivity index (χ1v) is 11.7. The van der Waals surface area contributed by atoms with E-state index in [0.29, 0.717) is 18.1 Å². The molecule has 0 bridgehead atoms. The molecular weight excluding hydrogens is 470 g/mol. The number of hydrogen-bond acceptors (Lipinski definition) is 5. The second-order valence-electron chi connectivity index (χ2n) is 8.53. The van der Waals surface area contributed by atoms with E-state index < -0.39 is 23.8 Å². The van der Waals surface area contributed by atoms with E-state index in [1.807, 2.05) is 60.7 Å². The molecule has 0 spiro atoms. The summed E-state index contributed by atoms with van der Waals surface area (Å²) in [6.45, 7) is 0.464. The van der Waals surface area contributed by atoms with Crippen LogP contribution in [0, 0.1) is 0 Å². The number of benzene rings is 4. The van der Waals surface area contributed by atoms with Gasteiger partial charge in [-0.2, -0.15) is 0 Å². The van der Waals surface area contributed by atoms with E-state index >= 15 is 0 Å². The highest BCUT2D eigenvalue weighted by molar-refractivity contribution is 6.22. The molecule has 0 radical (unpaired) electrons. The van der Waals surface area contributed by atoms with E-state index in [2.05, 4.69) is 0 Å². The van der Waals surface area contributed by atoms with Gasteiger partial charge in [0.05, 0.1) is 22.7 Å². The fraction of sp³-hybridized carbons (Fsp3) is 0.100. The smallest absolute Gasteiger partial charge is 0.335 e. The van der Waals surface area contributed by atoms with Gasteiger partial charge in [0.1, 0.15) is 24.7 Å². The summed E-state index contributed by atoms with van der Waals surface area (Å²) >= 11 is 0. The van der Waals surface area contributed by atoms with Crippen LogP contribution in [0.3, 0.4) is 0 Å². The maximum Gasteiger partial charge on any atom is 0.335 e. The third kappa shape index (κ3) is 5.06. The topological polar surface area (TPSA) is 93.1 Å². The van der Waals surface area contributed by atoms with Crippen LogP contribution in [0.1, 0.15) is 48.2 Å². The molecular formula is C30H23NO6. The van der Waals surface area contributed by atoms with Gasteiger partial charge in [0.2, 0.25) is 0 Å². The maximum absolute atomic E-state index is 13.3. The van der Waals surface area contributed by atoms with Gasteiger partial charge >= 0.3 is 5.97 Å². The number of rotatable bonds is 9. The summed E-state index contributed by atoms with van der Waals surface area (Å²) < 4.78 is 11.8. The summed E-state index contributed by atoms with van der Waals surface area (Å²) in [5, 5.41) is 9.30. The lowest BCUT2D eigenvalue weighted by Gasteiger charge is -2.26. The molecule has 1 heterocycles. The molecule has 0 fully saturated rings. The lowest BCUT2D eigenvalue weighted by molar-refractivity contribution is 0.0529. The van der Waals surface area contributed by atoms with Gasteiger partial charge in [-0.25, -0.2) is 4.79 Å². The van der Waals surface area contributed by atoms with Gasteiger partial charge in [-0.15, -0.1) is 0 Å². The van der Waals surface area contributed by atoms with Crippen molar-refractivity contribution in [2.45, 2.75) is 12.6 Å². The fourth-order valence-electron chi connectivity index (χ4n) is 4.22. The van der Waals surface area contributed by atoms with Gasteiger partial charge in [-0.1, -0.05) is 60.7 Å². The number of imide groups is 1. The Bertz CT molecular complexity index is 1430. The Kier molecular flexibility index (Phi) is 6.68. The van der Waals surface area contributed by atoms with Gasteiger partial charge in [-0.05, 0) is 53.6 Å². The Morgan fingerprint density at radius 3 is 1.97 bits per heavy atom. The number of fused-ring (bicyclic) bond motifs is 1. The molecule has 0 saturated carbocycles. The minimum atomic E-state index is -1.17. The SMILES string of the molecule is O=C(O)c1ccc2c(c1)C(=O)N(C(COc1ccc(OCc3ccccc3)cc1)c1ccccc1)C2=O. The van der Waals surface area contributed by atoms with E-state index in [-0.39, 0.29) is 23.3 Å². The van der Waals surface area contributed by atoms with Crippen molar-refractivity contribution >= 4 is 17.8 Å². The average molecular weight is 494 g/mol. The first-order valence-electron chi connectivity index (χ1n) is 11.7. The third-order valence-electron chi connectivity index (χ3n) is 6.14. The summed E-state index contributed by atoms with van der Waals surface area (Å²) in [4.78, 5) is 39.0. The molecule has 1 aliphatic heterocycles. The van der Waals surface area contributed by atoms with Crippen molar-refractivity contribution in [2.24, 2.45) is 0 Å². The molecule has 2 amide bonds. The Balaban J connectivity index is 1.33. The average Bonchev–Trinajstić information content (AvgIpc) is 3.18. The zero-order valence-electron chi connectivity index (χ0n) is 19.7. The molecule has 1 atom stereocenters. The van der Waals surface area contributed by atoms with E-state index in [4.69, 9.17) is 9.47 Å². The number of carboxylic acids is 1. The van der Waals surface area contributed by atoms with Crippen LogP contribution in [0.2, 0.25) is 0 Å². The highest BCUT2D eigenvalue weighted by Crippen LogP contribution is 2.33. The molecule has 0 saturated heterocycles. The normalized spacial score (nSPS) is 13.2. The minimum absolute atomic E-state index is 0.0193. The Labute approximate surface area is 213 Å². The second kappa shape index (κ2) is 10.4. The molecule has 184 valence electrons. The summed E-state index contributed by atoms with van der Waals surface area (Å²) in [5.74, 6) is -0.965. The molecule has 0 aliphatic carbocycles. The Hall–Kier alpha value is -4.91. The van der Waals surface area contributed by atoms with Crippen molar-refractivity contribution in [1.82, 2.24) is 4.90 Å². The quantitative estimate of drug-likeness (QED) is 0.315. The molecule has 7 heteroatoms. The van der Waals surface area contributed by atoms with Gasteiger partial charge in [-0.3, -0.25) is 14.5 Å². The molecule has 1 aliphatic rings. The molecule has 37 heavy (non-hydrogen) atoms. The number of carbonyl (C=O) groups is 3. The molecule has 1 N–H and O–H groups in total. The standard InChI is InChI=1S/C30H23NO6/c32-28-25-16-11-22(30(34)35)17-26(25)29(33)31(28)27(21-9-5-2-6-10-21)19-37-24-14-12-23(13-15-24)36-18-20-7-3-1-4-8-20/h1-17,27H,18-19H2,(H,34,35). The minimum Gasteiger partial charge on any atom is -0.491 e. The summed E-state index contributed by atoms with van der Waals surface area (Å²) in [5.41, 5.74) is 1.98. The zero-order valence-corrected chi connectivity index (χ0v) is 19.7. The second-order valence-corrected chi connectivity index (χ2v) is 8.53. The summed E-state index contributed by atoms with van der Waals surface area (Å²) in [7, 11) is 0. The van der Waals surface area contributed by atoms with Crippen molar-refractivity contribution in [1.29, 1.82) is 0 Å². The van der Waals surface area contributed by atoms with Gasteiger partial charge < -0.3 is 14.6 Å². The first kappa shape index (κ1) is 23.8. The Morgan fingerprint density at radius 1 is 0.730 bits per heavy atom. The highest BCUT2D eigenvalue weighted by atomic mass is 16.5. The van der Waals surface area contributed by atoms with Crippen LogP contribution in [0.25, 0.3) is 0 Å². The highest BCUT2D eigenvalue weighted by Gasteiger charge is 2.41. The molecule has 4 aromatic carbocycles. The number of aromatic carboxylic acids is 1. The van der Waals surface area contributed by atoms with Crippen LogP contribution in [-0.2, 0) is 6.61 Å². The van der Waals surface area contributed by atoms with Gasteiger partial charge in [0, 0.05) is 0 Å². The number of ether oxygens (including phenoxy) is 2. The first-order chi connectivity index (χ1) is 18.0. The molecule has 1 unspecified atom stereocenters. The maximum atomic E-state index is 13.3. The molecule has 0 aromatic heterocycles. The van der Waals surface area contributed by atoms with Gasteiger partial charge in [0.15, 0.2) is 0 Å². The number of hydrogen-bond donors (Lipinski definition) is 1. The summed E-state index contributed by atoms with van der Waals surface area (Å²) in [6.07, 6.45) is 0. The van der Waals surface area contributed by atoms with Crippen molar-refractivity contribution < 1.29 is 29.0 Å². The van der Waals surface area contributed by atoms with E-state index in [1.165, 1.54) is 18.2 Å². The molecule has 5 rings (SSSR count). The van der Waals surface area contributed by atoms with Crippen LogP contribution >= 0.6 is 0 Å². The number of nitrogens with zero attached hydrogens (tertiary/aromatic N) is 1. The Morgan fingerprint density at radius 2 is 1.32 bits per heavy atom. The number of amides is 2. The largest absolute Gasteiger partial charge is 0.491 e. The number of carboxylic acid groups (broad SMARTS) is 1. The van der Waals surface area contributed by atoms with Crippen molar-refractivity contribution in [3.63, 3.8) is 0 Å². The monoisotopic (exact) mass is 493 g/mol. The lowest BCUT2D eigenvalue weighted by Crippen LogP contribution is -2.37. The van der Waals surface area contributed by atoms with Crippen LogP contribution in [0.4, 0.5) is 0 Å². The van der Waals surface area contributed by atoms with E-state index in [9.17, 15) is 19.5 Å². The van der Waals surface area contributed by atoms with E-state index in [0.717, 1.165) is 16.0 Å². The van der Waals surface area contributed by atoms with Crippen LogP contribution in [0.5, 0.6) is 11.5 Å². The van der Waals surface area contributed by atoms with Crippen molar-refractivity contribution in [2.75, 3.05) is 6.61 Å². The predicted molar refractivity (Wildman–Crippen MR) is 136 cm³/mol. The molecule has 7 nitrogen and oxygen atoms in total. The fourth-order valence-corrected chi connectivity index (χ4v) is 4.22. The van der Waals surface area contributed by atoms with Crippen molar-refractivity contribution in [3.8, 4) is 11.5 Å². The van der Waals surface area contributed by atoms with Crippen LogP contribution in [0.15, 0.2) is 103 Å². The third-order valence-corrected chi connectivity index (χ3v) is 6.14. The van der Waals surface area contributed by atoms with E-state index in [1.54, 1.807) is 24.3 Å². The number of carbonyl (C=O) groups excluding carboxylic acids is 2. The summed E-state index contributed by atoms with van der Waals surface area (Å²) in [6, 6.07) is 29.3.